The number of benzene rings is 3. The van der Waals surface area contributed by atoms with Gasteiger partial charge in [-0.2, -0.15) is 0 Å². The predicted molar refractivity (Wildman–Crippen MR) is 104 cm³/mol. The molecule has 0 saturated carbocycles. The molecule has 1 amide bonds. The Kier molecular flexibility index (Phi) is 5.59. The van der Waals surface area contributed by atoms with Crippen LogP contribution in [-0.2, 0) is 0 Å². The molecule has 0 heterocycles. The highest BCUT2D eigenvalue weighted by Gasteiger charge is 2.12. The third kappa shape index (κ3) is 4.75. The van der Waals surface area contributed by atoms with Crippen LogP contribution < -0.4 is 10.1 Å². The Balaban J connectivity index is 1.70. The minimum Gasteiger partial charge on any atom is -0.457 e. The summed E-state index contributed by atoms with van der Waals surface area (Å²) in [6, 6.07) is 17.0. The first-order chi connectivity index (χ1) is 12.9. The summed E-state index contributed by atoms with van der Waals surface area (Å²) in [6.45, 7) is 0. The number of carbonyl (C=O) groups excluding carboxylic acids is 1. The molecule has 8 heteroatoms. The van der Waals surface area contributed by atoms with Crippen LogP contribution in [0.4, 0.5) is 11.4 Å². The molecule has 0 spiro atoms. The summed E-state index contributed by atoms with van der Waals surface area (Å²) >= 11 is 12.0. The molecule has 0 aliphatic rings. The molecule has 3 rings (SSSR count). The molecule has 0 aromatic heterocycles. The van der Waals surface area contributed by atoms with E-state index in [1.165, 1.54) is 24.3 Å². The zero-order valence-corrected chi connectivity index (χ0v) is 15.2. The van der Waals surface area contributed by atoms with E-state index < -0.39 is 10.8 Å². The number of halogens is 2. The maximum absolute atomic E-state index is 12.3. The monoisotopic (exact) mass is 402 g/mol. The molecule has 1 N–H and O–H groups in total. The maximum atomic E-state index is 12.3. The van der Waals surface area contributed by atoms with Crippen LogP contribution in [-0.4, -0.2) is 10.8 Å². The number of hydrogen-bond acceptors (Lipinski definition) is 4. The SMILES string of the molecule is O=C(Nc1ccc(Oc2ccc(Cl)cc2)cc1Cl)c1ccc([N+](=O)[O-])cc1. The Morgan fingerprint density at radius 1 is 0.926 bits per heavy atom. The predicted octanol–water partition coefficient (Wildman–Crippen LogP) is 5.95. The summed E-state index contributed by atoms with van der Waals surface area (Å²) in [6.07, 6.45) is 0. The summed E-state index contributed by atoms with van der Waals surface area (Å²) in [7, 11) is 0. The first-order valence-electron chi connectivity index (χ1n) is 7.71. The van der Waals surface area contributed by atoms with Crippen molar-refractivity contribution in [3.8, 4) is 11.5 Å². The van der Waals surface area contributed by atoms with Crippen molar-refractivity contribution < 1.29 is 14.5 Å². The van der Waals surface area contributed by atoms with Gasteiger partial charge in [-0.1, -0.05) is 23.2 Å². The van der Waals surface area contributed by atoms with Gasteiger partial charge < -0.3 is 10.1 Å². The lowest BCUT2D eigenvalue weighted by molar-refractivity contribution is -0.384. The summed E-state index contributed by atoms with van der Waals surface area (Å²) in [4.78, 5) is 22.4. The average Bonchev–Trinajstić information content (AvgIpc) is 2.66. The number of amides is 1. The molecule has 6 nitrogen and oxygen atoms in total. The van der Waals surface area contributed by atoms with Gasteiger partial charge in [0.25, 0.3) is 11.6 Å². The van der Waals surface area contributed by atoms with E-state index in [1.54, 1.807) is 42.5 Å². The summed E-state index contributed by atoms with van der Waals surface area (Å²) in [5.41, 5.74) is 0.579. The van der Waals surface area contributed by atoms with Crippen LogP contribution >= 0.6 is 23.2 Å². The second kappa shape index (κ2) is 8.07. The van der Waals surface area contributed by atoms with Crippen molar-refractivity contribution in [1.29, 1.82) is 0 Å². The fraction of sp³-hybridized carbons (Fsp3) is 0. The first-order valence-corrected chi connectivity index (χ1v) is 8.47. The Bertz CT molecular complexity index is 990. The highest BCUT2D eigenvalue weighted by molar-refractivity contribution is 6.34. The molecule has 27 heavy (non-hydrogen) atoms. The van der Waals surface area contributed by atoms with Crippen molar-refractivity contribution in [2.24, 2.45) is 0 Å². The van der Waals surface area contributed by atoms with Crippen molar-refractivity contribution >= 4 is 40.5 Å². The largest absolute Gasteiger partial charge is 0.457 e. The minimum absolute atomic E-state index is 0.0896. The second-order valence-corrected chi connectivity index (χ2v) is 6.30. The van der Waals surface area contributed by atoms with E-state index in [1.807, 2.05) is 0 Å². The lowest BCUT2D eigenvalue weighted by atomic mass is 10.2. The van der Waals surface area contributed by atoms with Gasteiger partial charge in [0, 0.05) is 28.8 Å². The van der Waals surface area contributed by atoms with Crippen LogP contribution in [0.5, 0.6) is 11.5 Å². The number of anilines is 1. The number of hydrogen-bond donors (Lipinski definition) is 1. The number of ether oxygens (including phenoxy) is 1. The fourth-order valence-electron chi connectivity index (χ4n) is 2.23. The molecule has 0 atom stereocenters. The van der Waals surface area contributed by atoms with Crippen molar-refractivity contribution in [3.05, 3.63) is 92.5 Å². The van der Waals surface area contributed by atoms with Crippen molar-refractivity contribution in [3.63, 3.8) is 0 Å². The first kappa shape index (κ1) is 18.7. The van der Waals surface area contributed by atoms with Crippen LogP contribution in [0.25, 0.3) is 0 Å². The number of non-ortho nitro benzene ring substituents is 1. The molecule has 0 saturated heterocycles. The number of carbonyl (C=O) groups is 1. The van der Waals surface area contributed by atoms with E-state index in [4.69, 9.17) is 27.9 Å². The minimum atomic E-state index is -0.530. The number of nitro groups is 1. The number of rotatable bonds is 5. The summed E-state index contributed by atoms with van der Waals surface area (Å²) in [5.74, 6) is 0.659. The molecule has 0 unspecified atom stereocenters. The van der Waals surface area contributed by atoms with E-state index >= 15 is 0 Å². The van der Waals surface area contributed by atoms with Gasteiger partial charge in [-0.05, 0) is 48.5 Å². The Morgan fingerprint density at radius 2 is 1.56 bits per heavy atom. The molecular formula is C19H12Cl2N2O4. The van der Waals surface area contributed by atoms with Gasteiger partial charge in [0.05, 0.1) is 15.6 Å². The number of nitrogens with one attached hydrogen (secondary N) is 1. The van der Waals surface area contributed by atoms with E-state index in [0.717, 1.165) is 0 Å². The molecule has 3 aromatic carbocycles. The van der Waals surface area contributed by atoms with Gasteiger partial charge in [-0.15, -0.1) is 0 Å². The van der Waals surface area contributed by atoms with E-state index in [0.29, 0.717) is 22.2 Å². The maximum Gasteiger partial charge on any atom is 0.269 e. The second-order valence-electron chi connectivity index (χ2n) is 5.46. The van der Waals surface area contributed by atoms with Crippen LogP contribution in [0.15, 0.2) is 66.7 Å². The topological polar surface area (TPSA) is 81.5 Å². The van der Waals surface area contributed by atoms with Crippen LogP contribution in [0.3, 0.4) is 0 Å². The van der Waals surface area contributed by atoms with Crippen LogP contribution in [0.2, 0.25) is 10.0 Å². The molecule has 3 aromatic rings. The number of nitrogens with zero attached hydrogens (tertiary/aromatic N) is 1. The standard InChI is InChI=1S/C19H12Cl2N2O4/c20-13-3-7-15(8-4-13)27-16-9-10-18(17(21)11-16)22-19(24)12-1-5-14(6-2-12)23(25)26/h1-11H,(H,22,24). The molecule has 0 aliphatic carbocycles. The van der Waals surface area contributed by atoms with E-state index in [2.05, 4.69) is 5.32 Å². The van der Waals surface area contributed by atoms with E-state index in [-0.39, 0.29) is 16.3 Å². The van der Waals surface area contributed by atoms with Gasteiger partial charge in [-0.25, -0.2) is 0 Å². The fourth-order valence-corrected chi connectivity index (χ4v) is 2.57. The molecular weight excluding hydrogens is 391 g/mol. The Hall–Kier alpha value is -3.09. The Morgan fingerprint density at radius 3 is 2.15 bits per heavy atom. The average molecular weight is 403 g/mol. The molecule has 0 fully saturated rings. The van der Waals surface area contributed by atoms with E-state index in [9.17, 15) is 14.9 Å². The lowest BCUT2D eigenvalue weighted by Crippen LogP contribution is -2.12. The lowest BCUT2D eigenvalue weighted by Gasteiger charge is -2.10. The van der Waals surface area contributed by atoms with Crippen molar-refractivity contribution in [1.82, 2.24) is 0 Å². The third-order valence-corrected chi connectivity index (χ3v) is 4.14. The molecule has 0 aliphatic heterocycles. The zero-order valence-electron chi connectivity index (χ0n) is 13.7. The smallest absolute Gasteiger partial charge is 0.269 e. The molecule has 136 valence electrons. The van der Waals surface area contributed by atoms with Crippen LogP contribution in [0, 0.1) is 10.1 Å². The van der Waals surface area contributed by atoms with Crippen molar-refractivity contribution in [2.45, 2.75) is 0 Å². The highest BCUT2D eigenvalue weighted by Crippen LogP contribution is 2.30. The molecule has 0 radical (unpaired) electrons. The normalized spacial score (nSPS) is 10.3. The van der Waals surface area contributed by atoms with Gasteiger partial charge >= 0.3 is 0 Å². The quantitative estimate of drug-likeness (QED) is 0.422. The van der Waals surface area contributed by atoms with Gasteiger partial charge in [0.2, 0.25) is 0 Å². The third-order valence-electron chi connectivity index (χ3n) is 3.58. The zero-order chi connectivity index (χ0) is 19.4. The summed E-state index contributed by atoms with van der Waals surface area (Å²) in [5, 5.41) is 14.2. The van der Waals surface area contributed by atoms with Gasteiger partial charge in [0.1, 0.15) is 11.5 Å². The summed E-state index contributed by atoms with van der Waals surface area (Å²) < 4.78 is 5.67. The van der Waals surface area contributed by atoms with Gasteiger partial charge in [0.15, 0.2) is 0 Å². The van der Waals surface area contributed by atoms with Gasteiger partial charge in [-0.3, -0.25) is 14.9 Å². The number of nitro benzene ring substituents is 1. The molecule has 0 bridgehead atoms. The van der Waals surface area contributed by atoms with Crippen LogP contribution in [0.1, 0.15) is 10.4 Å². The Labute approximate surface area is 164 Å². The highest BCUT2D eigenvalue weighted by atomic mass is 35.5. The van der Waals surface area contributed by atoms with Crippen molar-refractivity contribution in [2.75, 3.05) is 5.32 Å².